The molecule has 0 aromatic rings. The van der Waals surface area contributed by atoms with Gasteiger partial charge in [0.1, 0.15) is 0 Å². The monoisotopic (exact) mass is 216 g/mol. The zero-order valence-corrected chi connectivity index (χ0v) is 9.98. The average Bonchev–Trinajstić information content (AvgIpc) is 2.88. The van der Waals surface area contributed by atoms with E-state index in [9.17, 15) is 0 Å². The number of hydroxylamine groups is 2. The third-order valence-corrected chi connectivity index (χ3v) is 4.26. The van der Waals surface area contributed by atoms with Crippen LogP contribution < -0.4 is 0 Å². The van der Waals surface area contributed by atoms with Crippen LogP contribution in [0, 0.1) is 5.41 Å². The number of nitrogens with zero attached hydrogens (tertiary/aromatic N) is 2. The standard InChI is InChI=1S/C10H20N2OS/c1-10(3-4-10)9-14-13-12-7-5-11(2)6-8-12/h3-9H2,1-2H3. The van der Waals surface area contributed by atoms with Crippen molar-refractivity contribution in [1.29, 1.82) is 0 Å². The summed E-state index contributed by atoms with van der Waals surface area (Å²) in [6.45, 7) is 6.67. The van der Waals surface area contributed by atoms with Gasteiger partial charge in [-0.05, 0) is 25.3 Å². The molecule has 1 aliphatic heterocycles. The van der Waals surface area contributed by atoms with E-state index in [1.165, 1.54) is 12.8 Å². The van der Waals surface area contributed by atoms with Crippen molar-refractivity contribution in [2.24, 2.45) is 5.41 Å². The molecule has 2 rings (SSSR count). The van der Waals surface area contributed by atoms with Gasteiger partial charge in [-0.15, -0.1) is 0 Å². The molecule has 1 saturated carbocycles. The van der Waals surface area contributed by atoms with Crippen LogP contribution in [0.25, 0.3) is 0 Å². The summed E-state index contributed by atoms with van der Waals surface area (Å²) in [5, 5.41) is 2.09. The Hall–Kier alpha value is 0.230. The van der Waals surface area contributed by atoms with Gasteiger partial charge in [0.25, 0.3) is 0 Å². The van der Waals surface area contributed by atoms with Crippen molar-refractivity contribution in [2.45, 2.75) is 19.8 Å². The molecule has 0 unspecified atom stereocenters. The highest BCUT2D eigenvalue weighted by Gasteiger charge is 2.37. The molecule has 2 fully saturated rings. The van der Waals surface area contributed by atoms with E-state index >= 15 is 0 Å². The maximum absolute atomic E-state index is 5.67. The van der Waals surface area contributed by atoms with Gasteiger partial charge in [0.2, 0.25) is 0 Å². The summed E-state index contributed by atoms with van der Waals surface area (Å²) in [6.07, 6.45) is 2.76. The van der Waals surface area contributed by atoms with Crippen molar-refractivity contribution in [3.63, 3.8) is 0 Å². The van der Waals surface area contributed by atoms with E-state index in [2.05, 4.69) is 23.9 Å². The van der Waals surface area contributed by atoms with Crippen molar-refractivity contribution in [3.05, 3.63) is 0 Å². The lowest BCUT2D eigenvalue weighted by Gasteiger charge is -2.30. The maximum atomic E-state index is 5.67. The second-order valence-electron chi connectivity index (χ2n) is 4.88. The van der Waals surface area contributed by atoms with Crippen molar-refractivity contribution < 1.29 is 4.28 Å². The molecular weight excluding hydrogens is 196 g/mol. The molecule has 1 heterocycles. The van der Waals surface area contributed by atoms with E-state index in [0.29, 0.717) is 5.41 Å². The zero-order valence-electron chi connectivity index (χ0n) is 9.16. The van der Waals surface area contributed by atoms with Crippen molar-refractivity contribution >= 4 is 12.0 Å². The van der Waals surface area contributed by atoms with Gasteiger partial charge in [0.05, 0.1) is 0 Å². The molecule has 14 heavy (non-hydrogen) atoms. The minimum atomic E-state index is 0.594. The van der Waals surface area contributed by atoms with Crippen LogP contribution in [0.15, 0.2) is 0 Å². The first kappa shape index (κ1) is 10.7. The molecule has 0 aromatic heterocycles. The molecule has 0 bridgehead atoms. The predicted octanol–water partition coefficient (Wildman–Crippen LogP) is 1.61. The van der Waals surface area contributed by atoms with Crippen molar-refractivity contribution in [3.8, 4) is 0 Å². The Labute approximate surface area is 90.9 Å². The van der Waals surface area contributed by atoms with Crippen LogP contribution in [-0.4, -0.2) is 48.9 Å². The average molecular weight is 216 g/mol. The summed E-state index contributed by atoms with van der Waals surface area (Å²) < 4.78 is 5.67. The van der Waals surface area contributed by atoms with E-state index in [-0.39, 0.29) is 0 Å². The normalized spacial score (nSPS) is 27.9. The van der Waals surface area contributed by atoms with Gasteiger partial charge in [0.15, 0.2) is 0 Å². The van der Waals surface area contributed by atoms with Crippen LogP contribution in [-0.2, 0) is 4.28 Å². The van der Waals surface area contributed by atoms with Crippen LogP contribution in [0.1, 0.15) is 19.8 Å². The Balaban J connectivity index is 1.57. The lowest BCUT2D eigenvalue weighted by Crippen LogP contribution is -2.43. The Morgan fingerprint density at radius 3 is 2.43 bits per heavy atom. The fourth-order valence-electron chi connectivity index (χ4n) is 1.46. The molecule has 1 saturated heterocycles. The third-order valence-electron chi connectivity index (χ3n) is 3.13. The van der Waals surface area contributed by atoms with E-state index in [0.717, 1.165) is 31.9 Å². The Morgan fingerprint density at radius 1 is 1.21 bits per heavy atom. The number of rotatable bonds is 4. The molecule has 0 radical (unpaired) electrons. The van der Waals surface area contributed by atoms with Gasteiger partial charge >= 0.3 is 0 Å². The number of piperazine rings is 1. The summed E-state index contributed by atoms with van der Waals surface area (Å²) in [4.78, 5) is 2.34. The second kappa shape index (κ2) is 4.39. The fraction of sp³-hybridized carbons (Fsp3) is 1.00. The predicted molar refractivity (Wildman–Crippen MR) is 60.0 cm³/mol. The summed E-state index contributed by atoms with van der Waals surface area (Å²) in [5.74, 6) is 1.15. The summed E-state index contributed by atoms with van der Waals surface area (Å²) in [6, 6.07) is 0. The van der Waals surface area contributed by atoms with Crippen LogP contribution in [0.2, 0.25) is 0 Å². The summed E-state index contributed by atoms with van der Waals surface area (Å²) >= 11 is 1.64. The molecule has 3 nitrogen and oxygen atoms in total. The van der Waals surface area contributed by atoms with Gasteiger partial charge in [-0.3, -0.25) is 0 Å². The number of hydrogen-bond donors (Lipinski definition) is 0. The minimum Gasteiger partial charge on any atom is -0.304 e. The molecule has 0 atom stereocenters. The van der Waals surface area contributed by atoms with E-state index in [1.54, 1.807) is 12.0 Å². The Kier molecular flexibility index (Phi) is 3.37. The molecule has 82 valence electrons. The SMILES string of the molecule is CN1CCN(OSCC2(C)CC2)CC1. The smallest absolute Gasteiger partial charge is 0.0380 e. The fourth-order valence-corrected chi connectivity index (χ4v) is 2.39. The van der Waals surface area contributed by atoms with E-state index in [1.807, 2.05) is 0 Å². The highest BCUT2D eigenvalue weighted by molar-refractivity contribution is 7.94. The molecule has 0 N–H and O–H groups in total. The highest BCUT2D eigenvalue weighted by Crippen LogP contribution is 2.47. The Bertz CT molecular complexity index is 189. The Morgan fingerprint density at radius 2 is 1.86 bits per heavy atom. The van der Waals surface area contributed by atoms with E-state index in [4.69, 9.17) is 4.28 Å². The van der Waals surface area contributed by atoms with Crippen LogP contribution in [0.3, 0.4) is 0 Å². The maximum Gasteiger partial charge on any atom is 0.0380 e. The lowest BCUT2D eigenvalue weighted by molar-refractivity contribution is -0.0675. The number of likely N-dealkylation sites (N-methyl/N-ethyl adjacent to an activating group) is 1. The molecule has 0 aromatic carbocycles. The van der Waals surface area contributed by atoms with Gasteiger partial charge in [0, 0.05) is 44.0 Å². The zero-order chi connectivity index (χ0) is 10.0. The molecule has 4 heteroatoms. The molecule has 0 spiro atoms. The van der Waals surface area contributed by atoms with Crippen LogP contribution >= 0.6 is 12.0 Å². The quantitative estimate of drug-likeness (QED) is 0.663. The van der Waals surface area contributed by atoms with Crippen LogP contribution in [0.4, 0.5) is 0 Å². The van der Waals surface area contributed by atoms with E-state index < -0.39 is 0 Å². The second-order valence-corrected chi connectivity index (χ2v) is 5.55. The van der Waals surface area contributed by atoms with Crippen molar-refractivity contribution in [1.82, 2.24) is 9.96 Å². The first-order chi connectivity index (χ1) is 6.68. The molecule has 0 amide bonds. The first-order valence-corrected chi connectivity index (χ1v) is 6.32. The molecular formula is C10H20N2OS. The summed E-state index contributed by atoms with van der Waals surface area (Å²) in [7, 11) is 2.16. The van der Waals surface area contributed by atoms with Gasteiger partial charge in [-0.1, -0.05) is 6.92 Å². The third kappa shape index (κ3) is 3.12. The largest absolute Gasteiger partial charge is 0.304 e. The lowest BCUT2D eigenvalue weighted by atomic mass is 10.2. The van der Waals surface area contributed by atoms with Gasteiger partial charge in [-0.25, -0.2) is 4.28 Å². The minimum absolute atomic E-state index is 0.594. The highest BCUT2D eigenvalue weighted by atomic mass is 32.2. The molecule has 1 aliphatic carbocycles. The summed E-state index contributed by atoms with van der Waals surface area (Å²) in [5.41, 5.74) is 0.594. The first-order valence-electron chi connectivity index (χ1n) is 5.41. The topological polar surface area (TPSA) is 15.7 Å². The van der Waals surface area contributed by atoms with Crippen molar-refractivity contribution in [2.75, 3.05) is 39.0 Å². The van der Waals surface area contributed by atoms with Gasteiger partial charge in [-0.2, -0.15) is 5.06 Å². The molecule has 2 aliphatic rings. The van der Waals surface area contributed by atoms with Gasteiger partial charge < -0.3 is 4.90 Å². The van der Waals surface area contributed by atoms with Crippen LogP contribution in [0.5, 0.6) is 0 Å². The number of hydrogen-bond acceptors (Lipinski definition) is 4.